The number of nitrogens with one attached hydrogen (secondary N) is 2. The Morgan fingerprint density at radius 2 is 1.34 bits per heavy atom. The van der Waals surface area contributed by atoms with Crippen molar-refractivity contribution in [3.63, 3.8) is 0 Å². The van der Waals surface area contributed by atoms with Gasteiger partial charge in [0, 0.05) is 27.5 Å². The monoisotopic (exact) mass is 479 g/mol. The first-order chi connectivity index (χ1) is 17.1. The standard InChI is InChI=1S/C29H25N3O2S/c1-21(25-11-8-12-26(19-25)30-28(33)23-9-4-2-5-10-23)31-32-29(34)24-17-15-22(16-18-24)20-35-27-13-6-3-7-14-27/h2-19H,20H2,1H3,(H,30,33)(H,32,34)/b31-21-. The van der Waals surface area contributed by atoms with Crippen molar-refractivity contribution in [1.82, 2.24) is 5.43 Å². The number of carbonyl (C=O) groups is 2. The molecule has 0 saturated heterocycles. The Morgan fingerprint density at radius 3 is 2.06 bits per heavy atom. The number of rotatable bonds is 8. The van der Waals surface area contributed by atoms with Crippen molar-refractivity contribution in [1.29, 1.82) is 0 Å². The van der Waals surface area contributed by atoms with Gasteiger partial charge in [-0.3, -0.25) is 9.59 Å². The molecular formula is C29H25N3O2S. The lowest BCUT2D eigenvalue weighted by molar-refractivity contribution is 0.0954. The maximum atomic E-state index is 12.6. The van der Waals surface area contributed by atoms with E-state index in [2.05, 4.69) is 28.0 Å². The number of hydrogen-bond donors (Lipinski definition) is 2. The minimum atomic E-state index is -0.278. The number of benzene rings is 4. The maximum absolute atomic E-state index is 12.6. The summed E-state index contributed by atoms with van der Waals surface area (Å²) in [6.45, 7) is 1.81. The van der Waals surface area contributed by atoms with Gasteiger partial charge in [0.1, 0.15) is 0 Å². The Balaban J connectivity index is 1.34. The zero-order valence-corrected chi connectivity index (χ0v) is 20.1. The van der Waals surface area contributed by atoms with Crippen LogP contribution in [0.1, 0.15) is 38.8 Å². The fourth-order valence-corrected chi connectivity index (χ4v) is 4.19. The summed E-state index contributed by atoms with van der Waals surface area (Å²) in [6.07, 6.45) is 0. The SMILES string of the molecule is C/C(=N/NC(=O)c1ccc(CSc2ccccc2)cc1)c1cccc(NC(=O)c2ccccc2)c1. The molecule has 0 bridgehead atoms. The molecule has 0 spiro atoms. The lowest BCUT2D eigenvalue weighted by atomic mass is 10.1. The van der Waals surface area contributed by atoms with Gasteiger partial charge in [-0.2, -0.15) is 5.10 Å². The first-order valence-corrected chi connectivity index (χ1v) is 12.2. The van der Waals surface area contributed by atoms with Gasteiger partial charge in [0.25, 0.3) is 11.8 Å². The summed E-state index contributed by atoms with van der Waals surface area (Å²) in [5, 5.41) is 7.14. The van der Waals surface area contributed by atoms with Crippen LogP contribution in [-0.2, 0) is 5.75 Å². The van der Waals surface area contributed by atoms with Crippen LogP contribution in [0.4, 0.5) is 5.69 Å². The molecule has 35 heavy (non-hydrogen) atoms. The molecule has 0 aliphatic rings. The summed E-state index contributed by atoms with van der Waals surface area (Å²) in [7, 11) is 0. The van der Waals surface area contributed by atoms with E-state index in [1.807, 2.05) is 79.7 Å². The van der Waals surface area contributed by atoms with Crippen LogP contribution in [0.25, 0.3) is 0 Å². The quantitative estimate of drug-likeness (QED) is 0.175. The molecule has 4 aromatic carbocycles. The third kappa shape index (κ3) is 6.91. The van der Waals surface area contributed by atoms with Gasteiger partial charge in [0.15, 0.2) is 0 Å². The number of nitrogens with zero attached hydrogens (tertiary/aromatic N) is 1. The molecule has 0 heterocycles. The largest absolute Gasteiger partial charge is 0.322 e. The molecule has 0 saturated carbocycles. The second kappa shape index (κ2) is 11.8. The van der Waals surface area contributed by atoms with Crippen LogP contribution in [0.15, 0.2) is 119 Å². The molecule has 4 rings (SSSR count). The number of carbonyl (C=O) groups excluding carboxylic acids is 2. The van der Waals surface area contributed by atoms with E-state index >= 15 is 0 Å². The predicted molar refractivity (Wildman–Crippen MR) is 143 cm³/mol. The van der Waals surface area contributed by atoms with Gasteiger partial charge in [-0.1, -0.05) is 60.7 Å². The fourth-order valence-electron chi connectivity index (χ4n) is 3.31. The molecule has 6 heteroatoms. The van der Waals surface area contributed by atoms with E-state index in [1.54, 1.807) is 36.0 Å². The highest BCUT2D eigenvalue weighted by molar-refractivity contribution is 7.98. The Bertz CT molecular complexity index is 1320. The molecule has 2 amide bonds. The first-order valence-electron chi connectivity index (χ1n) is 11.2. The summed E-state index contributed by atoms with van der Waals surface area (Å²) in [5.74, 6) is 0.372. The van der Waals surface area contributed by atoms with E-state index in [0.29, 0.717) is 22.5 Å². The highest BCUT2D eigenvalue weighted by atomic mass is 32.2. The van der Waals surface area contributed by atoms with Crippen molar-refractivity contribution in [2.45, 2.75) is 17.6 Å². The normalized spacial score (nSPS) is 11.1. The molecule has 0 aliphatic carbocycles. The average Bonchev–Trinajstić information content (AvgIpc) is 2.92. The van der Waals surface area contributed by atoms with Crippen LogP contribution in [0.3, 0.4) is 0 Å². The van der Waals surface area contributed by atoms with Gasteiger partial charge in [-0.05, 0) is 66.6 Å². The number of amides is 2. The molecule has 0 fully saturated rings. The van der Waals surface area contributed by atoms with E-state index in [0.717, 1.165) is 16.9 Å². The lowest BCUT2D eigenvalue weighted by Crippen LogP contribution is -2.19. The van der Waals surface area contributed by atoms with Crippen LogP contribution >= 0.6 is 11.8 Å². The Kier molecular flexibility index (Phi) is 8.09. The summed E-state index contributed by atoms with van der Waals surface area (Å²) < 4.78 is 0. The third-order valence-corrected chi connectivity index (χ3v) is 6.35. The molecule has 0 radical (unpaired) electrons. The van der Waals surface area contributed by atoms with E-state index in [-0.39, 0.29) is 11.8 Å². The van der Waals surface area contributed by atoms with Gasteiger partial charge in [0.2, 0.25) is 0 Å². The number of thioether (sulfide) groups is 1. The van der Waals surface area contributed by atoms with Crippen molar-refractivity contribution in [2.75, 3.05) is 5.32 Å². The molecule has 4 aromatic rings. The minimum Gasteiger partial charge on any atom is -0.322 e. The Labute approximate surface area is 209 Å². The Morgan fingerprint density at radius 1 is 0.714 bits per heavy atom. The van der Waals surface area contributed by atoms with Gasteiger partial charge >= 0.3 is 0 Å². The van der Waals surface area contributed by atoms with Gasteiger partial charge in [0.05, 0.1) is 5.71 Å². The molecule has 0 unspecified atom stereocenters. The molecule has 2 N–H and O–H groups in total. The highest BCUT2D eigenvalue weighted by Crippen LogP contribution is 2.22. The summed E-state index contributed by atoms with van der Waals surface area (Å²) in [6, 6.07) is 34.1. The molecule has 174 valence electrons. The average molecular weight is 480 g/mol. The van der Waals surface area contributed by atoms with Crippen molar-refractivity contribution in [3.8, 4) is 0 Å². The van der Waals surface area contributed by atoms with Crippen molar-refractivity contribution in [2.24, 2.45) is 5.10 Å². The smallest absolute Gasteiger partial charge is 0.271 e. The molecular weight excluding hydrogens is 454 g/mol. The molecule has 0 aromatic heterocycles. The summed E-state index contributed by atoms with van der Waals surface area (Å²) >= 11 is 1.75. The zero-order chi connectivity index (χ0) is 24.5. The minimum absolute atomic E-state index is 0.184. The van der Waals surface area contributed by atoms with Crippen LogP contribution in [0.2, 0.25) is 0 Å². The first kappa shape index (κ1) is 24.0. The predicted octanol–water partition coefficient (Wildman–Crippen LogP) is 6.39. The van der Waals surface area contributed by atoms with Gasteiger partial charge < -0.3 is 5.32 Å². The summed E-state index contributed by atoms with van der Waals surface area (Å²) in [4.78, 5) is 26.2. The van der Waals surface area contributed by atoms with E-state index in [1.165, 1.54) is 4.90 Å². The van der Waals surface area contributed by atoms with Crippen LogP contribution in [0, 0.1) is 0 Å². The van der Waals surface area contributed by atoms with Crippen LogP contribution < -0.4 is 10.7 Å². The molecule has 5 nitrogen and oxygen atoms in total. The molecule has 0 aliphatic heterocycles. The third-order valence-electron chi connectivity index (χ3n) is 5.26. The summed E-state index contributed by atoms with van der Waals surface area (Å²) in [5.41, 5.74) is 6.96. The Hall–Kier alpha value is -4.16. The van der Waals surface area contributed by atoms with Crippen molar-refractivity contribution < 1.29 is 9.59 Å². The fraction of sp³-hybridized carbons (Fsp3) is 0.0690. The van der Waals surface area contributed by atoms with E-state index in [4.69, 9.17) is 0 Å². The number of anilines is 1. The lowest BCUT2D eigenvalue weighted by Gasteiger charge is -2.08. The number of hydrogen-bond acceptors (Lipinski definition) is 4. The highest BCUT2D eigenvalue weighted by Gasteiger charge is 2.08. The number of hydrazone groups is 1. The van der Waals surface area contributed by atoms with Gasteiger partial charge in [-0.15, -0.1) is 11.8 Å². The van der Waals surface area contributed by atoms with Crippen molar-refractivity contribution in [3.05, 3.63) is 131 Å². The maximum Gasteiger partial charge on any atom is 0.271 e. The topological polar surface area (TPSA) is 70.6 Å². The van der Waals surface area contributed by atoms with Crippen LogP contribution in [0.5, 0.6) is 0 Å². The van der Waals surface area contributed by atoms with E-state index in [9.17, 15) is 9.59 Å². The van der Waals surface area contributed by atoms with Gasteiger partial charge in [-0.25, -0.2) is 5.43 Å². The second-order valence-electron chi connectivity index (χ2n) is 7.84. The van der Waals surface area contributed by atoms with Crippen molar-refractivity contribution >= 4 is 35.0 Å². The van der Waals surface area contributed by atoms with E-state index < -0.39 is 0 Å². The van der Waals surface area contributed by atoms with Crippen LogP contribution in [-0.4, -0.2) is 17.5 Å². The molecule has 0 atom stereocenters. The second-order valence-corrected chi connectivity index (χ2v) is 8.89. The zero-order valence-electron chi connectivity index (χ0n) is 19.3.